The van der Waals surface area contributed by atoms with E-state index in [1.165, 1.54) is 63.0 Å². The molecule has 21 heavy (non-hydrogen) atoms. The molecule has 0 radical (unpaired) electrons. The Bertz CT molecular complexity index is 475. The second-order valence-electron chi connectivity index (χ2n) is 6.90. The van der Waals surface area contributed by atoms with E-state index < -0.39 is 0 Å². The van der Waals surface area contributed by atoms with Gasteiger partial charge in [-0.1, -0.05) is 12.1 Å². The number of nitrogens with one attached hydrogen (secondary N) is 1. The Hall–Kier alpha value is -1.06. The monoisotopic (exact) mass is 288 g/mol. The third-order valence-corrected chi connectivity index (χ3v) is 5.17. The lowest BCUT2D eigenvalue weighted by atomic mass is 9.74. The molecule has 2 saturated heterocycles. The highest BCUT2D eigenvalue weighted by Crippen LogP contribution is 2.36. The fourth-order valence-electron chi connectivity index (χ4n) is 4.12. The standard InChI is InChI=1S/C18H28N2O/c1-15-11-16(5-6-17(15)21-2)12-20-10-4-8-18(14-20)7-3-9-19-13-18/h5-6,11,19H,3-4,7-10,12-14H2,1-2H3. The zero-order valence-corrected chi connectivity index (χ0v) is 13.5. The summed E-state index contributed by atoms with van der Waals surface area (Å²) in [7, 11) is 1.74. The first-order chi connectivity index (χ1) is 10.2. The van der Waals surface area contributed by atoms with Gasteiger partial charge in [0, 0.05) is 19.6 Å². The summed E-state index contributed by atoms with van der Waals surface area (Å²) in [4.78, 5) is 2.65. The van der Waals surface area contributed by atoms with Crippen molar-refractivity contribution in [2.45, 2.75) is 39.2 Å². The quantitative estimate of drug-likeness (QED) is 0.925. The van der Waals surface area contributed by atoms with Crippen molar-refractivity contribution < 1.29 is 4.74 Å². The first kappa shape index (κ1) is 14.9. The molecule has 1 aromatic carbocycles. The third kappa shape index (κ3) is 3.41. The van der Waals surface area contributed by atoms with Crippen LogP contribution in [-0.2, 0) is 6.54 Å². The maximum Gasteiger partial charge on any atom is 0.121 e. The lowest BCUT2D eigenvalue weighted by Crippen LogP contribution is -2.50. The van der Waals surface area contributed by atoms with Crippen LogP contribution in [0, 0.1) is 12.3 Å². The van der Waals surface area contributed by atoms with E-state index in [0.29, 0.717) is 5.41 Å². The zero-order chi connectivity index (χ0) is 14.7. The number of ether oxygens (including phenoxy) is 1. The fraction of sp³-hybridized carbons (Fsp3) is 0.667. The minimum Gasteiger partial charge on any atom is -0.496 e. The normalized spacial score (nSPS) is 27.0. The van der Waals surface area contributed by atoms with Gasteiger partial charge in [0.1, 0.15) is 5.75 Å². The molecule has 3 rings (SSSR count). The molecular formula is C18H28N2O. The van der Waals surface area contributed by atoms with Crippen molar-refractivity contribution in [3.63, 3.8) is 0 Å². The van der Waals surface area contributed by atoms with Crippen LogP contribution < -0.4 is 10.1 Å². The fourth-order valence-corrected chi connectivity index (χ4v) is 4.12. The van der Waals surface area contributed by atoms with Crippen molar-refractivity contribution in [3.8, 4) is 5.75 Å². The average Bonchev–Trinajstić information content (AvgIpc) is 2.48. The Morgan fingerprint density at radius 3 is 2.86 bits per heavy atom. The zero-order valence-electron chi connectivity index (χ0n) is 13.5. The largest absolute Gasteiger partial charge is 0.496 e. The summed E-state index contributed by atoms with van der Waals surface area (Å²) in [5, 5.41) is 3.61. The lowest BCUT2D eigenvalue weighted by molar-refractivity contribution is 0.0600. The van der Waals surface area contributed by atoms with E-state index in [-0.39, 0.29) is 0 Å². The summed E-state index contributed by atoms with van der Waals surface area (Å²) < 4.78 is 5.36. The second-order valence-corrected chi connectivity index (χ2v) is 6.90. The van der Waals surface area contributed by atoms with E-state index in [1.807, 2.05) is 0 Å². The highest BCUT2D eigenvalue weighted by atomic mass is 16.5. The molecule has 0 saturated carbocycles. The number of nitrogens with zero attached hydrogens (tertiary/aromatic N) is 1. The number of likely N-dealkylation sites (tertiary alicyclic amines) is 1. The highest BCUT2D eigenvalue weighted by molar-refractivity contribution is 5.36. The molecule has 0 bridgehead atoms. The first-order valence-electron chi connectivity index (χ1n) is 8.27. The predicted octanol–water partition coefficient (Wildman–Crippen LogP) is 2.97. The Morgan fingerprint density at radius 2 is 2.14 bits per heavy atom. The smallest absolute Gasteiger partial charge is 0.121 e. The van der Waals surface area contributed by atoms with Crippen LogP contribution in [0.4, 0.5) is 0 Å². The average molecular weight is 288 g/mol. The molecule has 0 aromatic heterocycles. The van der Waals surface area contributed by atoms with Crippen LogP contribution in [0.1, 0.15) is 36.8 Å². The number of methoxy groups -OCH3 is 1. The van der Waals surface area contributed by atoms with Crippen molar-refractivity contribution in [1.29, 1.82) is 0 Å². The molecule has 2 heterocycles. The minimum atomic E-state index is 0.540. The van der Waals surface area contributed by atoms with Crippen molar-refractivity contribution in [1.82, 2.24) is 10.2 Å². The first-order valence-corrected chi connectivity index (χ1v) is 8.27. The van der Waals surface area contributed by atoms with Gasteiger partial charge in [0.15, 0.2) is 0 Å². The molecule has 2 aliphatic rings. The van der Waals surface area contributed by atoms with Gasteiger partial charge >= 0.3 is 0 Å². The van der Waals surface area contributed by atoms with E-state index in [0.717, 1.165) is 12.3 Å². The SMILES string of the molecule is COc1ccc(CN2CCCC3(CCCNC3)C2)cc1C. The van der Waals surface area contributed by atoms with Crippen LogP contribution in [0.3, 0.4) is 0 Å². The number of hydrogen-bond donors (Lipinski definition) is 1. The van der Waals surface area contributed by atoms with Crippen molar-refractivity contribution >= 4 is 0 Å². The summed E-state index contributed by atoms with van der Waals surface area (Å²) >= 11 is 0. The molecule has 0 aliphatic carbocycles. The van der Waals surface area contributed by atoms with E-state index in [9.17, 15) is 0 Å². The van der Waals surface area contributed by atoms with Crippen LogP contribution in [0.5, 0.6) is 5.75 Å². The van der Waals surface area contributed by atoms with Crippen LogP contribution in [0.25, 0.3) is 0 Å². The van der Waals surface area contributed by atoms with Gasteiger partial charge in [-0.3, -0.25) is 4.90 Å². The van der Waals surface area contributed by atoms with E-state index in [4.69, 9.17) is 4.74 Å². The summed E-state index contributed by atoms with van der Waals surface area (Å²) in [5.41, 5.74) is 3.19. The van der Waals surface area contributed by atoms with Gasteiger partial charge in [0.25, 0.3) is 0 Å². The number of piperidine rings is 2. The van der Waals surface area contributed by atoms with E-state index in [2.05, 4.69) is 35.3 Å². The number of rotatable bonds is 3. The third-order valence-electron chi connectivity index (χ3n) is 5.17. The molecule has 2 aliphatic heterocycles. The Kier molecular flexibility index (Phi) is 4.51. The van der Waals surface area contributed by atoms with Crippen LogP contribution in [-0.4, -0.2) is 38.2 Å². The molecular weight excluding hydrogens is 260 g/mol. The predicted molar refractivity (Wildman–Crippen MR) is 86.8 cm³/mol. The number of aryl methyl sites for hydroxylation is 1. The molecule has 0 amide bonds. The number of benzene rings is 1. The molecule has 116 valence electrons. The van der Waals surface area contributed by atoms with Gasteiger partial charge in [-0.15, -0.1) is 0 Å². The Labute approximate surface area is 128 Å². The maximum absolute atomic E-state index is 5.36. The molecule has 2 fully saturated rings. The van der Waals surface area contributed by atoms with Crippen molar-refractivity contribution in [2.75, 3.05) is 33.3 Å². The lowest BCUT2D eigenvalue weighted by Gasteiger charge is -2.45. The van der Waals surface area contributed by atoms with Gasteiger partial charge in [-0.25, -0.2) is 0 Å². The Morgan fingerprint density at radius 1 is 1.29 bits per heavy atom. The molecule has 3 nitrogen and oxygen atoms in total. The molecule has 1 N–H and O–H groups in total. The summed E-state index contributed by atoms with van der Waals surface area (Å²) in [6.45, 7) is 8.13. The van der Waals surface area contributed by atoms with Crippen LogP contribution in [0.2, 0.25) is 0 Å². The van der Waals surface area contributed by atoms with Gasteiger partial charge in [-0.2, -0.15) is 0 Å². The summed E-state index contributed by atoms with van der Waals surface area (Å²) in [5.74, 6) is 0.991. The molecule has 1 spiro atoms. The van der Waals surface area contributed by atoms with Crippen molar-refractivity contribution in [2.24, 2.45) is 5.41 Å². The summed E-state index contributed by atoms with van der Waals surface area (Å²) in [6.07, 6.45) is 5.49. The minimum absolute atomic E-state index is 0.540. The number of hydrogen-bond acceptors (Lipinski definition) is 3. The van der Waals surface area contributed by atoms with Crippen molar-refractivity contribution in [3.05, 3.63) is 29.3 Å². The molecule has 3 heteroatoms. The van der Waals surface area contributed by atoms with E-state index in [1.54, 1.807) is 7.11 Å². The van der Waals surface area contributed by atoms with Gasteiger partial charge < -0.3 is 10.1 Å². The van der Waals surface area contributed by atoms with E-state index >= 15 is 0 Å². The maximum atomic E-state index is 5.36. The molecule has 1 atom stereocenters. The molecule has 1 unspecified atom stereocenters. The second kappa shape index (κ2) is 6.37. The van der Waals surface area contributed by atoms with Crippen LogP contribution in [0.15, 0.2) is 18.2 Å². The molecule has 1 aromatic rings. The van der Waals surface area contributed by atoms with Crippen LogP contribution >= 0.6 is 0 Å². The topological polar surface area (TPSA) is 24.5 Å². The Balaban J connectivity index is 1.65. The highest BCUT2D eigenvalue weighted by Gasteiger charge is 2.36. The van der Waals surface area contributed by atoms with Gasteiger partial charge in [0.2, 0.25) is 0 Å². The van der Waals surface area contributed by atoms with Gasteiger partial charge in [-0.05, 0) is 68.3 Å². The van der Waals surface area contributed by atoms with Gasteiger partial charge in [0.05, 0.1) is 7.11 Å². The summed E-state index contributed by atoms with van der Waals surface area (Å²) in [6, 6.07) is 6.60.